The first kappa shape index (κ1) is 22.2. The van der Waals surface area contributed by atoms with Gasteiger partial charge in [0.1, 0.15) is 0 Å². The van der Waals surface area contributed by atoms with Gasteiger partial charge in [0.05, 0.1) is 12.2 Å². The first-order chi connectivity index (χ1) is 16.1. The molecule has 2 aromatic carbocycles. The van der Waals surface area contributed by atoms with Crippen LogP contribution in [0.3, 0.4) is 0 Å². The van der Waals surface area contributed by atoms with E-state index in [0.717, 1.165) is 26.1 Å². The van der Waals surface area contributed by atoms with Gasteiger partial charge in [-0.15, -0.1) is 11.8 Å². The molecule has 0 bridgehead atoms. The van der Waals surface area contributed by atoms with Gasteiger partial charge in [0.2, 0.25) is 0 Å². The minimum absolute atomic E-state index is 0.211. The van der Waals surface area contributed by atoms with E-state index >= 15 is 0 Å². The average Bonchev–Trinajstić information content (AvgIpc) is 3.74. The van der Waals surface area contributed by atoms with E-state index in [9.17, 15) is 0 Å². The normalized spacial score (nSPS) is 38.1. The summed E-state index contributed by atoms with van der Waals surface area (Å²) < 4.78 is 13.0. The average molecular weight is 463 g/mol. The standard InChI is InChI=1S/C30H38O2S/c1-21-19-29(21,25-13-5-3-11-23(25)27-15-7-9-17-31-27)33-30(20-22(30)2)26-14-6-4-12-24(26)28-16-8-10-18-32-28/h3-6,11-14,21-22,27-28H,7-10,15-20H2,1-2H3. The molecule has 2 heterocycles. The van der Waals surface area contributed by atoms with Crippen molar-refractivity contribution in [2.45, 2.75) is 86.9 Å². The molecule has 176 valence electrons. The quantitative estimate of drug-likeness (QED) is 0.432. The first-order valence-electron chi connectivity index (χ1n) is 13.3. The van der Waals surface area contributed by atoms with Crippen LogP contribution in [0, 0.1) is 11.8 Å². The molecule has 3 heteroatoms. The van der Waals surface area contributed by atoms with Gasteiger partial charge in [-0.25, -0.2) is 0 Å². The summed E-state index contributed by atoms with van der Waals surface area (Å²) in [5, 5.41) is 0. The maximum atomic E-state index is 6.29. The third-order valence-electron chi connectivity index (χ3n) is 8.74. The molecule has 0 spiro atoms. The van der Waals surface area contributed by atoms with Crippen LogP contribution in [0.4, 0.5) is 0 Å². The van der Waals surface area contributed by atoms with Crippen LogP contribution in [0.1, 0.15) is 99.7 Å². The fourth-order valence-electron chi connectivity index (χ4n) is 6.56. The summed E-state index contributed by atoms with van der Waals surface area (Å²) in [5.74, 6) is 1.41. The maximum Gasteiger partial charge on any atom is 0.0828 e. The third kappa shape index (κ3) is 3.89. The van der Waals surface area contributed by atoms with E-state index in [0.29, 0.717) is 11.8 Å². The maximum absolute atomic E-state index is 6.29. The van der Waals surface area contributed by atoms with Gasteiger partial charge in [-0.2, -0.15) is 0 Å². The van der Waals surface area contributed by atoms with Crippen molar-refractivity contribution in [3.63, 3.8) is 0 Å². The smallest absolute Gasteiger partial charge is 0.0828 e. The highest BCUT2D eigenvalue weighted by atomic mass is 32.2. The Morgan fingerprint density at radius 2 is 1.09 bits per heavy atom. The fourth-order valence-corrected chi connectivity index (χ4v) is 8.87. The van der Waals surface area contributed by atoms with Crippen molar-refractivity contribution in [1.29, 1.82) is 0 Å². The minimum Gasteiger partial charge on any atom is -0.374 e. The van der Waals surface area contributed by atoms with Gasteiger partial charge in [-0.05, 0) is 85.5 Å². The SMILES string of the molecule is CC1CC1(SC1(c2ccccc2C2CCCCO2)CC1C)c1ccccc1C1CCCCO1. The zero-order chi connectivity index (χ0) is 22.5. The second-order valence-electron chi connectivity index (χ2n) is 11.0. The Hall–Kier alpha value is -1.29. The highest BCUT2D eigenvalue weighted by molar-refractivity contribution is 8.01. The molecule has 0 radical (unpaired) electrons. The molecule has 2 nitrogen and oxygen atoms in total. The Kier molecular flexibility index (Phi) is 5.87. The molecule has 0 N–H and O–H groups in total. The highest BCUT2D eigenvalue weighted by Crippen LogP contribution is 2.75. The lowest BCUT2D eigenvalue weighted by molar-refractivity contribution is 0.0143. The predicted octanol–water partition coefficient (Wildman–Crippen LogP) is 8.07. The van der Waals surface area contributed by atoms with E-state index in [1.807, 2.05) is 0 Å². The van der Waals surface area contributed by atoms with Crippen molar-refractivity contribution in [3.8, 4) is 0 Å². The highest BCUT2D eigenvalue weighted by Gasteiger charge is 2.64. The Balaban J connectivity index is 1.36. The van der Waals surface area contributed by atoms with Gasteiger partial charge in [0.15, 0.2) is 0 Å². The van der Waals surface area contributed by atoms with Crippen LogP contribution in [-0.2, 0) is 19.0 Å². The van der Waals surface area contributed by atoms with Gasteiger partial charge >= 0.3 is 0 Å². The monoisotopic (exact) mass is 462 g/mol. The summed E-state index contributed by atoms with van der Waals surface area (Å²) in [6.45, 7) is 6.74. The van der Waals surface area contributed by atoms with Crippen molar-refractivity contribution in [2.24, 2.45) is 11.8 Å². The fraction of sp³-hybridized carbons (Fsp3) is 0.600. The van der Waals surface area contributed by atoms with Crippen molar-refractivity contribution in [2.75, 3.05) is 13.2 Å². The van der Waals surface area contributed by atoms with Crippen LogP contribution < -0.4 is 0 Å². The van der Waals surface area contributed by atoms with Gasteiger partial charge in [0.25, 0.3) is 0 Å². The minimum atomic E-state index is 0.211. The van der Waals surface area contributed by atoms with E-state index in [-0.39, 0.29) is 21.7 Å². The van der Waals surface area contributed by atoms with E-state index < -0.39 is 0 Å². The summed E-state index contributed by atoms with van der Waals surface area (Å²) in [6, 6.07) is 18.5. The van der Waals surface area contributed by atoms with E-state index in [1.54, 1.807) is 11.1 Å². The van der Waals surface area contributed by atoms with Crippen molar-refractivity contribution in [1.82, 2.24) is 0 Å². The summed E-state index contributed by atoms with van der Waals surface area (Å²) >= 11 is 2.29. The molecule has 2 saturated carbocycles. The van der Waals surface area contributed by atoms with Crippen LogP contribution in [0.2, 0.25) is 0 Å². The molecule has 6 unspecified atom stereocenters. The van der Waals surface area contributed by atoms with E-state index in [1.165, 1.54) is 49.7 Å². The van der Waals surface area contributed by atoms with Crippen molar-refractivity contribution < 1.29 is 9.47 Å². The molecule has 2 aromatic rings. The molecule has 2 aliphatic carbocycles. The molecule has 6 rings (SSSR count). The zero-order valence-corrected chi connectivity index (χ0v) is 21.0. The Morgan fingerprint density at radius 1 is 0.667 bits per heavy atom. The van der Waals surface area contributed by atoms with Crippen LogP contribution in [0.5, 0.6) is 0 Å². The molecule has 2 saturated heterocycles. The Morgan fingerprint density at radius 3 is 1.45 bits per heavy atom. The number of hydrogen-bond acceptors (Lipinski definition) is 3. The first-order valence-corrected chi connectivity index (χ1v) is 14.1. The van der Waals surface area contributed by atoms with Gasteiger partial charge in [-0.3, -0.25) is 0 Å². The number of hydrogen-bond donors (Lipinski definition) is 0. The van der Waals surface area contributed by atoms with Gasteiger partial charge in [0, 0.05) is 22.7 Å². The molecule has 4 aliphatic rings. The molecule has 0 amide bonds. The molecule has 33 heavy (non-hydrogen) atoms. The molecule has 0 aromatic heterocycles. The largest absolute Gasteiger partial charge is 0.374 e. The lowest BCUT2D eigenvalue weighted by Gasteiger charge is -2.33. The number of benzene rings is 2. The van der Waals surface area contributed by atoms with Crippen molar-refractivity contribution in [3.05, 3.63) is 70.8 Å². The number of thioether (sulfide) groups is 1. The topological polar surface area (TPSA) is 18.5 Å². The lowest BCUT2D eigenvalue weighted by Crippen LogP contribution is -2.21. The van der Waals surface area contributed by atoms with E-state index in [2.05, 4.69) is 74.1 Å². The summed E-state index contributed by atoms with van der Waals surface area (Å²) in [7, 11) is 0. The summed E-state index contributed by atoms with van der Waals surface area (Å²) in [5.41, 5.74) is 6.03. The summed E-state index contributed by atoms with van der Waals surface area (Å²) in [6.07, 6.45) is 10.4. The van der Waals surface area contributed by atoms with Crippen molar-refractivity contribution >= 4 is 11.8 Å². The van der Waals surface area contributed by atoms with Crippen LogP contribution in [0.25, 0.3) is 0 Å². The zero-order valence-electron chi connectivity index (χ0n) is 20.2. The lowest BCUT2D eigenvalue weighted by atomic mass is 9.93. The van der Waals surface area contributed by atoms with Crippen LogP contribution >= 0.6 is 11.8 Å². The van der Waals surface area contributed by atoms with Crippen LogP contribution in [0.15, 0.2) is 48.5 Å². The Labute approximate surface area is 203 Å². The molecule has 6 atom stereocenters. The number of ether oxygens (including phenoxy) is 2. The van der Waals surface area contributed by atoms with Crippen LogP contribution in [-0.4, -0.2) is 13.2 Å². The molecular formula is C30H38O2S. The molecular weight excluding hydrogens is 424 g/mol. The predicted molar refractivity (Wildman–Crippen MR) is 136 cm³/mol. The second kappa shape index (κ2) is 8.73. The molecule has 2 aliphatic heterocycles. The Bertz CT molecular complexity index is 913. The third-order valence-corrected chi connectivity index (χ3v) is 11.0. The molecule has 4 fully saturated rings. The van der Waals surface area contributed by atoms with Gasteiger partial charge < -0.3 is 9.47 Å². The van der Waals surface area contributed by atoms with E-state index in [4.69, 9.17) is 9.47 Å². The summed E-state index contributed by atoms with van der Waals surface area (Å²) in [4.78, 5) is 0. The van der Waals surface area contributed by atoms with Gasteiger partial charge in [-0.1, -0.05) is 62.4 Å². The second-order valence-corrected chi connectivity index (χ2v) is 12.6. The number of rotatable bonds is 6.